The van der Waals surface area contributed by atoms with Gasteiger partial charge in [0, 0.05) is 15.7 Å². The topological polar surface area (TPSA) is 94.3 Å². The van der Waals surface area contributed by atoms with Crippen molar-refractivity contribution in [3.05, 3.63) is 86.8 Å². The van der Waals surface area contributed by atoms with E-state index >= 15 is 0 Å². The molecule has 9 heteroatoms. The first-order valence-corrected chi connectivity index (χ1v) is 10.5. The van der Waals surface area contributed by atoms with E-state index in [9.17, 15) is 9.59 Å². The molecule has 2 heterocycles. The summed E-state index contributed by atoms with van der Waals surface area (Å²) in [5, 5.41) is 8.51. The van der Waals surface area contributed by atoms with Crippen LogP contribution in [0.4, 0.5) is 5.69 Å². The van der Waals surface area contributed by atoms with E-state index in [0.717, 1.165) is 10.0 Å². The lowest BCUT2D eigenvalue weighted by Crippen LogP contribution is -2.10. The van der Waals surface area contributed by atoms with Gasteiger partial charge in [-0.2, -0.15) is 4.98 Å². The second-order valence-electron chi connectivity index (χ2n) is 6.11. The number of thiophene rings is 1. The lowest BCUT2D eigenvalue weighted by molar-refractivity contribution is 0.0430. The first-order chi connectivity index (χ1) is 14.6. The van der Waals surface area contributed by atoms with Crippen LogP contribution >= 0.6 is 27.3 Å². The third-order valence-corrected chi connectivity index (χ3v) is 5.36. The Balaban J connectivity index is 1.34. The van der Waals surface area contributed by atoms with E-state index in [-0.39, 0.29) is 18.4 Å². The molecular formula is C21H14BrN3O4S. The van der Waals surface area contributed by atoms with Crippen LogP contribution in [0.25, 0.3) is 11.4 Å². The number of ether oxygens (including phenoxy) is 1. The molecular weight excluding hydrogens is 470 g/mol. The van der Waals surface area contributed by atoms with Crippen molar-refractivity contribution < 1.29 is 18.8 Å². The highest BCUT2D eigenvalue weighted by molar-refractivity contribution is 9.10. The second kappa shape index (κ2) is 9.02. The number of aromatic nitrogens is 2. The highest BCUT2D eigenvalue weighted by Gasteiger charge is 2.13. The molecule has 1 N–H and O–H groups in total. The Morgan fingerprint density at radius 3 is 2.67 bits per heavy atom. The minimum atomic E-state index is -0.534. The van der Waals surface area contributed by atoms with E-state index < -0.39 is 5.97 Å². The summed E-state index contributed by atoms with van der Waals surface area (Å²) in [7, 11) is 0. The maximum Gasteiger partial charge on any atom is 0.338 e. The molecule has 0 radical (unpaired) electrons. The molecule has 4 rings (SSSR count). The summed E-state index contributed by atoms with van der Waals surface area (Å²) < 4.78 is 11.3. The third-order valence-electron chi connectivity index (χ3n) is 4.00. The number of nitrogens with zero attached hydrogens (tertiary/aromatic N) is 2. The summed E-state index contributed by atoms with van der Waals surface area (Å²) in [5.74, 6) is -0.127. The average Bonchev–Trinajstić information content (AvgIpc) is 3.45. The van der Waals surface area contributed by atoms with Crippen molar-refractivity contribution in [3.63, 3.8) is 0 Å². The number of amides is 1. The van der Waals surface area contributed by atoms with Crippen LogP contribution < -0.4 is 5.32 Å². The number of hydrogen-bond donors (Lipinski definition) is 1. The van der Waals surface area contributed by atoms with Gasteiger partial charge in [0.2, 0.25) is 5.82 Å². The van der Waals surface area contributed by atoms with Gasteiger partial charge < -0.3 is 14.6 Å². The number of rotatable bonds is 6. The van der Waals surface area contributed by atoms with Gasteiger partial charge in [-0.3, -0.25) is 4.79 Å². The fraction of sp³-hybridized carbons (Fsp3) is 0.0476. The van der Waals surface area contributed by atoms with Gasteiger partial charge in [0.15, 0.2) is 6.61 Å². The smallest absolute Gasteiger partial charge is 0.338 e. The van der Waals surface area contributed by atoms with Crippen LogP contribution in [0.2, 0.25) is 0 Å². The van der Waals surface area contributed by atoms with Crippen molar-refractivity contribution in [3.8, 4) is 11.4 Å². The summed E-state index contributed by atoms with van der Waals surface area (Å²) in [5.41, 5.74) is 1.71. The van der Waals surface area contributed by atoms with Crippen LogP contribution in [0.1, 0.15) is 25.9 Å². The highest BCUT2D eigenvalue weighted by atomic mass is 79.9. The van der Waals surface area contributed by atoms with Crippen LogP contribution in [0.3, 0.4) is 0 Å². The number of carbonyl (C=O) groups is 2. The van der Waals surface area contributed by atoms with E-state index in [1.165, 1.54) is 11.3 Å². The Bertz CT molecular complexity index is 1170. The zero-order valence-electron chi connectivity index (χ0n) is 15.4. The van der Waals surface area contributed by atoms with Crippen molar-refractivity contribution in [2.75, 3.05) is 5.32 Å². The quantitative estimate of drug-likeness (QED) is 0.380. The molecule has 7 nitrogen and oxygen atoms in total. The molecule has 4 aromatic rings. The number of esters is 1. The van der Waals surface area contributed by atoms with Gasteiger partial charge in [0.25, 0.3) is 11.8 Å². The summed E-state index contributed by atoms with van der Waals surface area (Å²) in [6, 6.07) is 17.5. The molecule has 0 aliphatic heterocycles. The highest BCUT2D eigenvalue weighted by Crippen LogP contribution is 2.21. The molecule has 0 bridgehead atoms. The maximum atomic E-state index is 12.3. The van der Waals surface area contributed by atoms with Gasteiger partial charge in [-0.05, 0) is 47.8 Å². The van der Waals surface area contributed by atoms with Gasteiger partial charge in [0.1, 0.15) is 0 Å². The Morgan fingerprint density at radius 2 is 1.93 bits per heavy atom. The standard InChI is InChI=1S/C21H14BrN3O4S/c22-15-4-1-3-14(11-15)19-24-18(29-25-19)12-28-21(27)13-6-8-16(9-7-13)23-20(26)17-5-2-10-30-17/h1-11H,12H2,(H,23,26). The maximum absolute atomic E-state index is 12.3. The zero-order chi connectivity index (χ0) is 20.9. The zero-order valence-corrected chi connectivity index (χ0v) is 17.8. The van der Waals surface area contributed by atoms with Crippen molar-refractivity contribution in [2.45, 2.75) is 6.61 Å². The SMILES string of the molecule is O=C(OCc1nc(-c2cccc(Br)c2)no1)c1ccc(NC(=O)c2cccs2)cc1. The molecule has 0 aliphatic rings. The summed E-state index contributed by atoms with van der Waals surface area (Å²) in [6.07, 6.45) is 0. The number of hydrogen-bond acceptors (Lipinski definition) is 7. The van der Waals surface area contributed by atoms with Crippen molar-refractivity contribution in [1.29, 1.82) is 0 Å². The molecule has 0 saturated carbocycles. The van der Waals surface area contributed by atoms with Crippen molar-refractivity contribution >= 4 is 44.8 Å². The first kappa shape index (κ1) is 20.0. The molecule has 0 unspecified atom stereocenters. The van der Waals surface area contributed by atoms with E-state index in [2.05, 4.69) is 31.4 Å². The second-order valence-corrected chi connectivity index (χ2v) is 7.97. The molecule has 0 saturated heterocycles. The minimum Gasteiger partial charge on any atom is -0.452 e. The Hall–Kier alpha value is -3.30. The normalized spacial score (nSPS) is 10.6. The van der Waals surface area contributed by atoms with Gasteiger partial charge in [-0.15, -0.1) is 11.3 Å². The summed E-state index contributed by atoms with van der Waals surface area (Å²) in [4.78, 5) is 29.2. The van der Waals surface area contributed by atoms with Crippen LogP contribution in [0, 0.1) is 0 Å². The fourth-order valence-electron chi connectivity index (χ4n) is 2.56. The number of carbonyl (C=O) groups excluding carboxylic acids is 2. The summed E-state index contributed by atoms with van der Waals surface area (Å²) >= 11 is 4.75. The van der Waals surface area contributed by atoms with Crippen molar-refractivity contribution in [2.24, 2.45) is 0 Å². The summed E-state index contributed by atoms with van der Waals surface area (Å²) in [6.45, 7) is -0.142. The molecule has 30 heavy (non-hydrogen) atoms. The minimum absolute atomic E-state index is 0.142. The largest absolute Gasteiger partial charge is 0.452 e. The van der Waals surface area contributed by atoms with E-state index in [0.29, 0.717) is 22.0 Å². The Labute approximate surface area is 183 Å². The molecule has 150 valence electrons. The first-order valence-electron chi connectivity index (χ1n) is 8.79. The van der Waals surface area contributed by atoms with Crippen LogP contribution in [0.15, 0.2) is 75.0 Å². The van der Waals surface area contributed by atoms with E-state index in [1.54, 1.807) is 30.3 Å². The molecule has 2 aromatic heterocycles. The van der Waals surface area contributed by atoms with Crippen LogP contribution in [0.5, 0.6) is 0 Å². The van der Waals surface area contributed by atoms with Gasteiger partial charge in [0.05, 0.1) is 10.4 Å². The lowest BCUT2D eigenvalue weighted by Gasteiger charge is -2.05. The lowest BCUT2D eigenvalue weighted by atomic mass is 10.2. The van der Waals surface area contributed by atoms with Gasteiger partial charge in [-0.25, -0.2) is 4.79 Å². The fourth-order valence-corrected chi connectivity index (χ4v) is 3.58. The van der Waals surface area contributed by atoms with Crippen molar-refractivity contribution in [1.82, 2.24) is 10.1 Å². The van der Waals surface area contributed by atoms with E-state index in [1.807, 2.05) is 35.7 Å². The molecule has 0 spiro atoms. The Morgan fingerprint density at radius 1 is 1.10 bits per heavy atom. The number of benzene rings is 2. The van der Waals surface area contributed by atoms with Crippen LogP contribution in [-0.4, -0.2) is 22.0 Å². The molecule has 0 fully saturated rings. The number of halogens is 1. The van der Waals surface area contributed by atoms with E-state index in [4.69, 9.17) is 9.26 Å². The molecule has 0 aliphatic carbocycles. The average molecular weight is 484 g/mol. The monoisotopic (exact) mass is 483 g/mol. The Kier molecular flexibility index (Phi) is 6.01. The van der Waals surface area contributed by atoms with Crippen LogP contribution in [-0.2, 0) is 11.3 Å². The molecule has 1 amide bonds. The predicted octanol–water partition coefficient (Wildman–Crippen LogP) is 5.17. The van der Waals surface area contributed by atoms with Gasteiger partial charge in [-0.1, -0.05) is 39.3 Å². The number of anilines is 1. The molecule has 2 aromatic carbocycles. The molecule has 0 atom stereocenters. The predicted molar refractivity (Wildman–Crippen MR) is 115 cm³/mol. The third kappa shape index (κ3) is 4.81. The van der Waals surface area contributed by atoms with Gasteiger partial charge >= 0.3 is 5.97 Å². The number of nitrogens with one attached hydrogen (secondary N) is 1.